The molecule has 0 saturated carbocycles. The zero-order valence-electron chi connectivity index (χ0n) is 16.9. The van der Waals surface area contributed by atoms with Crippen LogP contribution in [0.15, 0.2) is 17.1 Å². The average molecular weight is 419 g/mol. The van der Waals surface area contributed by atoms with Gasteiger partial charge in [0.15, 0.2) is 11.9 Å². The Kier molecular flexibility index (Phi) is 6.78. The lowest BCUT2D eigenvalue weighted by Crippen LogP contribution is -2.47. The van der Waals surface area contributed by atoms with Gasteiger partial charge in [0, 0.05) is 6.20 Å². The third kappa shape index (κ3) is 4.80. The van der Waals surface area contributed by atoms with Gasteiger partial charge in [-0.3, -0.25) is 9.36 Å². The van der Waals surface area contributed by atoms with Gasteiger partial charge < -0.3 is 25.0 Å². The van der Waals surface area contributed by atoms with E-state index in [0.29, 0.717) is 4.57 Å². The van der Waals surface area contributed by atoms with Gasteiger partial charge in [0.1, 0.15) is 18.0 Å². The fourth-order valence-corrected chi connectivity index (χ4v) is 3.14. The number of anilines is 1. The lowest BCUT2D eigenvalue weighted by Gasteiger charge is -2.29. The van der Waals surface area contributed by atoms with Crippen molar-refractivity contribution >= 4 is 11.6 Å². The van der Waals surface area contributed by atoms with Crippen LogP contribution in [0.2, 0.25) is 0 Å². The Balaban J connectivity index is 2.22. The molecule has 0 bridgehead atoms. The van der Waals surface area contributed by atoms with Gasteiger partial charge in [0.2, 0.25) is 6.23 Å². The topological polar surface area (TPSA) is 123 Å². The number of nitrogens with zero attached hydrogens (tertiary/aromatic N) is 2. The minimum atomic E-state index is -3.80. The molecule has 1 aliphatic heterocycles. The van der Waals surface area contributed by atoms with E-state index in [0.717, 1.165) is 6.20 Å². The number of carbonyl (C=O) groups is 1. The minimum Gasteiger partial charge on any atom is -0.394 e. The van der Waals surface area contributed by atoms with Gasteiger partial charge in [-0.25, -0.2) is 4.79 Å². The van der Waals surface area contributed by atoms with Gasteiger partial charge in [0.25, 0.3) is 0 Å². The number of aromatic nitrogens is 2. The van der Waals surface area contributed by atoms with Gasteiger partial charge in [0.05, 0.1) is 18.2 Å². The Labute approximate surface area is 166 Å². The summed E-state index contributed by atoms with van der Waals surface area (Å²) in [4.78, 5) is 28.6. The molecular weight excluding hydrogens is 392 g/mol. The van der Waals surface area contributed by atoms with Crippen LogP contribution in [0.25, 0.3) is 0 Å². The molecule has 11 heteroatoms. The highest BCUT2D eigenvalue weighted by atomic mass is 19.3. The highest BCUT2D eigenvalue weighted by Crippen LogP contribution is 2.42. The van der Waals surface area contributed by atoms with Gasteiger partial charge in [-0.05, 0) is 40.7 Å². The zero-order chi connectivity index (χ0) is 22.1. The summed E-state index contributed by atoms with van der Waals surface area (Å²) in [5.74, 6) is -4.08. The number of halogens is 2. The number of nitrogens with one attached hydrogen (secondary N) is 1. The van der Waals surface area contributed by atoms with Crippen LogP contribution in [0.4, 0.5) is 14.6 Å². The quantitative estimate of drug-likeness (QED) is 0.563. The van der Waals surface area contributed by atoms with Crippen molar-refractivity contribution in [3.8, 4) is 0 Å². The van der Waals surface area contributed by atoms with Crippen LogP contribution in [0.1, 0.15) is 40.8 Å². The van der Waals surface area contributed by atoms with Crippen molar-refractivity contribution in [2.24, 2.45) is 0 Å². The number of aliphatic hydroxyl groups is 2. The average Bonchev–Trinajstić information content (AvgIpc) is 2.83. The number of aliphatic hydroxyl groups excluding tert-OH is 2. The third-order valence-corrected chi connectivity index (χ3v) is 4.54. The maximum Gasteiger partial charge on any atom is 0.351 e. The second-order valence-corrected chi connectivity index (χ2v) is 7.77. The lowest BCUT2D eigenvalue weighted by molar-refractivity contribution is -0.140. The van der Waals surface area contributed by atoms with Crippen LogP contribution < -0.4 is 11.0 Å². The van der Waals surface area contributed by atoms with Crippen molar-refractivity contribution in [3.05, 3.63) is 22.7 Å². The number of ketones is 1. The van der Waals surface area contributed by atoms with Crippen molar-refractivity contribution in [1.29, 1.82) is 0 Å². The van der Waals surface area contributed by atoms with E-state index in [2.05, 4.69) is 10.3 Å². The summed E-state index contributed by atoms with van der Waals surface area (Å²) in [7, 11) is 0. The second kappa shape index (κ2) is 8.42. The van der Waals surface area contributed by atoms with E-state index in [1.165, 1.54) is 6.07 Å². The predicted octanol–water partition coefficient (Wildman–Crippen LogP) is 0.702. The normalized spacial score (nSPS) is 25.2. The molecule has 164 valence electrons. The standard InChI is InChI=1S/C18H27F2N3O6/c1-9(2)28-10(3)13(25)17(4,5)22-12-6-7-23(16(27)21-12)15-18(19,20)14(26)11(8-24)29-15/h6-7,9-11,14-15,24,26H,8H2,1-5H3,(H,21,22,27)/t10?,11?,14-,15+/m0/s1. The first-order valence-corrected chi connectivity index (χ1v) is 9.20. The highest BCUT2D eigenvalue weighted by Gasteiger charge is 2.59. The van der Waals surface area contributed by atoms with Crippen LogP contribution in [0, 0.1) is 0 Å². The number of alkyl halides is 2. The molecule has 1 aromatic heterocycles. The highest BCUT2D eigenvalue weighted by molar-refractivity contribution is 5.93. The molecular formula is C18H27F2N3O6. The number of carbonyl (C=O) groups excluding carboxylic acids is 1. The SMILES string of the molecule is CC(C)OC(C)C(=O)C(C)(C)Nc1ccn([C@@H]2OC(CO)[C@H](O)C2(F)F)c(=O)n1. The molecule has 1 saturated heterocycles. The van der Waals surface area contributed by atoms with E-state index < -0.39 is 48.3 Å². The lowest BCUT2D eigenvalue weighted by atomic mass is 9.95. The molecule has 1 fully saturated rings. The van der Waals surface area contributed by atoms with Crippen molar-refractivity contribution in [3.63, 3.8) is 0 Å². The summed E-state index contributed by atoms with van der Waals surface area (Å²) in [6.45, 7) is 7.54. The Morgan fingerprint density at radius 3 is 2.55 bits per heavy atom. The first-order chi connectivity index (χ1) is 13.3. The van der Waals surface area contributed by atoms with Gasteiger partial charge in [-0.1, -0.05) is 0 Å². The first kappa shape index (κ1) is 23.3. The van der Waals surface area contributed by atoms with Crippen molar-refractivity contribution in [2.45, 2.75) is 76.7 Å². The van der Waals surface area contributed by atoms with E-state index in [9.17, 15) is 23.5 Å². The van der Waals surface area contributed by atoms with Crippen molar-refractivity contribution < 1.29 is 33.3 Å². The molecule has 3 N–H and O–H groups in total. The molecule has 29 heavy (non-hydrogen) atoms. The summed E-state index contributed by atoms with van der Waals surface area (Å²) in [6.07, 6.45) is -5.74. The van der Waals surface area contributed by atoms with E-state index in [-0.39, 0.29) is 17.7 Å². The molecule has 0 aliphatic carbocycles. The monoisotopic (exact) mass is 419 g/mol. The maximum atomic E-state index is 14.2. The molecule has 1 aliphatic rings. The van der Waals surface area contributed by atoms with Gasteiger partial charge >= 0.3 is 11.6 Å². The molecule has 0 radical (unpaired) electrons. The number of rotatable bonds is 8. The Bertz CT molecular complexity index is 798. The van der Waals surface area contributed by atoms with Crippen LogP contribution in [0.3, 0.4) is 0 Å². The smallest absolute Gasteiger partial charge is 0.351 e. The molecule has 4 atom stereocenters. The number of hydrogen-bond acceptors (Lipinski definition) is 8. The maximum absolute atomic E-state index is 14.2. The van der Waals surface area contributed by atoms with E-state index in [1.54, 1.807) is 34.6 Å². The molecule has 1 aromatic rings. The van der Waals surface area contributed by atoms with Crippen LogP contribution in [0.5, 0.6) is 0 Å². The van der Waals surface area contributed by atoms with E-state index in [1.807, 2.05) is 0 Å². The summed E-state index contributed by atoms with van der Waals surface area (Å²) in [5, 5.41) is 21.5. The molecule has 0 spiro atoms. The largest absolute Gasteiger partial charge is 0.394 e. The fourth-order valence-electron chi connectivity index (χ4n) is 3.14. The summed E-state index contributed by atoms with van der Waals surface area (Å²) >= 11 is 0. The zero-order valence-corrected chi connectivity index (χ0v) is 16.9. The molecule has 2 heterocycles. The van der Waals surface area contributed by atoms with E-state index in [4.69, 9.17) is 14.6 Å². The van der Waals surface area contributed by atoms with Crippen LogP contribution in [-0.4, -0.2) is 68.0 Å². The first-order valence-electron chi connectivity index (χ1n) is 9.20. The second-order valence-electron chi connectivity index (χ2n) is 7.77. The number of ether oxygens (including phenoxy) is 2. The molecule has 0 aromatic carbocycles. The Morgan fingerprint density at radius 2 is 2.07 bits per heavy atom. The van der Waals surface area contributed by atoms with Crippen molar-refractivity contribution in [1.82, 2.24) is 9.55 Å². The Morgan fingerprint density at radius 1 is 1.45 bits per heavy atom. The third-order valence-electron chi connectivity index (χ3n) is 4.54. The predicted molar refractivity (Wildman–Crippen MR) is 98.8 cm³/mol. The summed E-state index contributed by atoms with van der Waals surface area (Å²) < 4.78 is 39.4. The fraction of sp³-hybridized carbons (Fsp3) is 0.722. The number of hydrogen-bond donors (Lipinski definition) is 3. The van der Waals surface area contributed by atoms with Crippen LogP contribution in [-0.2, 0) is 14.3 Å². The van der Waals surface area contributed by atoms with Crippen LogP contribution >= 0.6 is 0 Å². The molecule has 2 unspecified atom stereocenters. The summed E-state index contributed by atoms with van der Waals surface area (Å²) in [6, 6.07) is 1.24. The molecule has 9 nitrogen and oxygen atoms in total. The molecule has 2 rings (SSSR count). The van der Waals surface area contributed by atoms with Gasteiger partial charge in [-0.15, -0.1) is 0 Å². The minimum absolute atomic E-state index is 0.00177. The van der Waals surface area contributed by atoms with Gasteiger partial charge in [-0.2, -0.15) is 13.8 Å². The van der Waals surface area contributed by atoms with Crippen molar-refractivity contribution in [2.75, 3.05) is 11.9 Å². The Hall–Kier alpha value is -1.95. The van der Waals surface area contributed by atoms with E-state index >= 15 is 0 Å². The summed E-state index contributed by atoms with van der Waals surface area (Å²) in [5.41, 5.74) is -2.22. The number of Topliss-reactive ketones (excluding diaryl/α,β-unsaturated/α-hetero) is 1. The molecule has 0 amide bonds.